The smallest absolute Gasteiger partial charge is 0.162 e. The van der Waals surface area contributed by atoms with Crippen LogP contribution in [0.5, 0.6) is 11.5 Å². The molecule has 2 aromatic rings. The third-order valence-electron chi connectivity index (χ3n) is 3.87. The predicted octanol–water partition coefficient (Wildman–Crippen LogP) is 3.35. The maximum atomic E-state index is 5.66. The van der Waals surface area contributed by atoms with Gasteiger partial charge in [-0.25, -0.2) is 0 Å². The zero-order valence-corrected chi connectivity index (χ0v) is 13.3. The van der Waals surface area contributed by atoms with Crippen molar-refractivity contribution in [2.45, 2.75) is 39.2 Å². The quantitative estimate of drug-likeness (QED) is 0.811. The fraction of sp³-hybridized carbons (Fsp3) is 0.529. The first-order valence-corrected chi connectivity index (χ1v) is 7.69. The number of rotatable bonds is 8. The van der Waals surface area contributed by atoms with Gasteiger partial charge in [-0.05, 0) is 37.4 Å². The largest absolute Gasteiger partial charge is 0.493 e. The molecule has 0 unspecified atom stereocenters. The van der Waals surface area contributed by atoms with E-state index >= 15 is 0 Å². The second-order valence-electron chi connectivity index (χ2n) is 5.32. The number of hydrogen-bond acceptors (Lipinski definition) is 3. The van der Waals surface area contributed by atoms with Crippen molar-refractivity contribution in [2.24, 2.45) is 5.73 Å². The Kier molecular flexibility index (Phi) is 5.51. The Balaban J connectivity index is 2.51. The van der Waals surface area contributed by atoms with Crippen LogP contribution in [-0.4, -0.2) is 25.3 Å². The highest BCUT2D eigenvalue weighted by Crippen LogP contribution is 2.35. The standard InChI is InChI=1S/C17H26N2O2/c1-4-5-9-19-12-13(7-6-8-18)14-10-16(20-2)17(21-3)11-15(14)19/h10-12H,4-9,18H2,1-3H3. The summed E-state index contributed by atoms with van der Waals surface area (Å²) < 4.78 is 13.2. The zero-order valence-electron chi connectivity index (χ0n) is 13.3. The highest BCUT2D eigenvalue weighted by Gasteiger charge is 2.13. The van der Waals surface area contributed by atoms with Crippen LogP contribution < -0.4 is 15.2 Å². The molecule has 0 radical (unpaired) electrons. The summed E-state index contributed by atoms with van der Waals surface area (Å²) in [5.41, 5.74) is 8.21. The summed E-state index contributed by atoms with van der Waals surface area (Å²) in [6.45, 7) is 3.96. The molecule has 1 aromatic heterocycles. The fourth-order valence-electron chi connectivity index (χ4n) is 2.70. The summed E-state index contributed by atoms with van der Waals surface area (Å²) in [7, 11) is 3.36. The molecule has 2 rings (SSSR count). The molecule has 0 amide bonds. The van der Waals surface area contributed by atoms with Gasteiger partial charge in [-0.15, -0.1) is 0 Å². The van der Waals surface area contributed by atoms with Crippen molar-refractivity contribution >= 4 is 10.9 Å². The predicted molar refractivity (Wildman–Crippen MR) is 87.3 cm³/mol. The number of methoxy groups -OCH3 is 2. The molecule has 1 aromatic carbocycles. The normalized spacial score (nSPS) is 11.0. The van der Waals surface area contributed by atoms with Crippen LogP contribution in [0.3, 0.4) is 0 Å². The number of unbranched alkanes of at least 4 members (excludes halogenated alkanes) is 1. The Morgan fingerprint density at radius 3 is 2.43 bits per heavy atom. The molecule has 2 N–H and O–H groups in total. The molecule has 4 heteroatoms. The molecule has 4 nitrogen and oxygen atoms in total. The van der Waals surface area contributed by atoms with E-state index in [0.717, 1.165) is 37.4 Å². The molecule has 0 saturated heterocycles. The Labute approximate surface area is 126 Å². The van der Waals surface area contributed by atoms with Crippen LogP contribution in [0.25, 0.3) is 10.9 Å². The van der Waals surface area contributed by atoms with Gasteiger partial charge in [0, 0.05) is 24.2 Å². The Morgan fingerprint density at radius 1 is 1.10 bits per heavy atom. The average molecular weight is 290 g/mol. The van der Waals surface area contributed by atoms with Crippen molar-refractivity contribution in [3.63, 3.8) is 0 Å². The molecule has 0 aliphatic rings. The number of aromatic nitrogens is 1. The summed E-state index contributed by atoms with van der Waals surface area (Å²) >= 11 is 0. The first kappa shape index (κ1) is 15.7. The fourth-order valence-corrected chi connectivity index (χ4v) is 2.70. The van der Waals surface area contributed by atoms with E-state index in [1.54, 1.807) is 14.2 Å². The summed E-state index contributed by atoms with van der Waals surface area (Å²) in [6.07, 6.45) is 6.62. The number of hydrogen-bond donors (Lipinski definition) is 1. The van der Waals surface area contributed by atoms with E-state index in [-0.39, 0.29) is 0 Å². The van der Waals surface area contributed by atoms with Crippen LogP contribution in [-0.2, 0) is 13.0 Å². The van der Waals surface area contributed by atoms with Gasteiger partial charge in [-0.3, -0.25) is 0 Å². The number of benzene rings is 1. The maximum Gasteiger partial charge on any atom is 0.162 e. The molecule has 0 saturated carbocycles. The van der Waals surface area contributed by atoms with Gasteiger partial charge in [0.25, 0.3) is 0 Å². The van der Waals surface area contributed by atoms with E-state index in [9.17, 15) is 0 Å². The number of aryl methyl sites for hydroxylation is 2. The lowest BCUT2D eigenvalue weighted by Crippen LogP contribution is -2.00. The highest BCUT2D eigenvalue weighted by atomic mass is 16.5. The van der Waals surface area contributed by atoms with Crippen LogP contribution in [0.2, 0.25) is 0 Å². The minimum atomic E-state index is 0.717. The molecule has 116 valence electrons. The Bertz CT molecular complexity index is 540. The minimum absolute atomic E-state index is 0.717. The zero-order chi connectivity index (χ0) is 15.2. The SMILES string of the molecule is CCCCn1cc(CCCN)c2cc(OC)c(OC)cc21. The molecule has 0 fully saturated rings. The first-order chi connectivity index (χ1) is 10.2. The molecule has 0 spiro atoms. The van der Waals surface area contributed by atoms with Crippen molar-refractivity contribution in [1.29, 1.82) is 0 Å². The molecule has 0 atom stereocenters. The van der Waals surface area contributed by atoms with E-state index in [1.807, 2.05) is 0 Å². The maximum absolute atomic E-state index is 5.66. The second kappa shape index (κ2) is 7.36. The third-order valence-corrected chi connectivity index (χ3v) is 3.87. The lowest BCUT2D eigenvalue weighted by atomic mass is 10.1. The number of fused-ring (bicyclic) bond motifs is 1. The van der Waals surface area contributed by atoms with Gasteiger partial charge >= 0.3 is 0 Å². The van der Waals surface area contributed by atoms with Crippen molar-refractivity contribution in [2.75, 3.05) is 20.8 Å². The molecule has 21 heavy (non-hydrogen) atoms. The highest BCUT2D eigenvalue weighted by molar-refractivity contribution is 5.87. The summed E-state index contributed by atoms with van der Waals surface area (Å²) in [4.78, 5) is 0. The van der Waals surface area contributed by atoms with Gasteiger partial charge in [0.2, 0.25) is 0 Å². The van der Waals surface area contributed by atoms with Gasteiger partial charge in [0.1, 0.15) is 0 Å². The molecular formula is C17H26N2O2. The van der Waals surface area contributed by atoms with Crippen LogP contribution in [0.4, 0.5) is 0 Å². The molecule has 1 heterocycles. The number of nitrogens with zero attached hydrogens (tertiary/aromatic N) is 1. The van der Waals surface area contributed by atoms with E-state index in [1.165, 1.54) is 29.3 Å². The van der Waals surface area contributed by atoms with E-state index in [2.05, 4.69) is 29.8 Å². The van der Waals surface area contributed by atoms with Gasteiger partial charge in [-0.1, -0.05) is 13.3 Å². The van der Waals surface area contributed by atoms with Gasteiger partial charge in [0.05, 0.1) is 19.7 Å². The lowest BCUT2D eigenvalue weighted by Gasteiger charge is -2.10. The van der Waals surface area contributed by atoms with Gasteiger partial charge in [0.15, 0.2) is 11.5 Å². The van der Waals surface area contributed by atoms with E-state index < -0.39 is 0 Å². The summed E-state index contributed by atoms with van der Waals surface area (Å²) in [6, 6.07) is 4.16. The van der Waals surface area contributed by atoms with E-state index in [0.29, 0.717) is 0 Å². The number of nitrogens with two attached hydrogens (primary N) is 1. The van der Waals surface area contributed by atoms with Crippen LogP contribution in [0, 0.1) is 0 Å². The second-order valence-corrected chi connectivity index (χ2v) is 5.32. The van der Waals surface area contributed by atoms with Crippen LogP contribution >= 0.6 is 0 Å². The Morgan fingerprint density at radius 2 is 1.81 bits per heavy atom. The molecule has 0 bridgehead atoms. The molecule has 0 aliphatic carbocycles. The summed E-state index contributed by atoms with van der Waals surface area (Å²) in [5, 5.41) is 1.25. The monoisotopic (exact) mass is 290 g/mol. The van der Waals surface area contributed by atoms with Crippen molar-refractivity contribution in [1.82, 2.24) is 4.57 Å². The minimum Gasteiger partial charge on any atom is -0.493 e. The summed E-state index contributed by atoms with van der Waals surface area (Å²) in [5.74, 6) is 1.57. The van der Waals surface area contributed by atoms with Crippen molar-refractivity contribution < 1.29 is 9.47 Å². The molecule has 0 aliphatic heterocycles. The Hall–Kier alpha value is -1.68. The first-order valence-electron chi connectivity index (χ1n) is 7.69. The third kappa shape index (κ3) is 3.32. The lowest BCUT2D eigenvalue weighted by molar-refractivity contribution is 0.355. The van der Waals surface area contributed by atoms with Crippen LogP contribution in [0.1, 0.15) is 31.7 Å². The van der Waals surface area contributed by atoms with Crippen molar-refractivity contribution in [3.05, 3.63) is 23.9 Å². The van der Waals surface area contributed by atoms with E-state index in [4.69, 9.17) is 15.2 Å². The van der Waals surface area contributed by atoms with Crippen LogP contribution in [0.15, 0.2) is 18.3 Å². The topological polar surface area (TPSA) is 49.4 Å². The number of ether oxygens (including phenoxy) is 2. The van der Waals surface area contributed by atoms with Gasteiger partial charge in [-0.2, -0.15) is 0 Å². The molecular weight excluding hydrogens is 264 g/mol. The average Bonchev–Trinajstić information content (AvgIpc) is 2.86. The van der Waals surface area contributed by atoms with Crippen molar-refractivity contribution in [3.8, 4) is 11.5 Å². The van der Waals surface area contributed by atoms with Gasteiger partial charge < -0.3 is 19.8 Å².